The Labute approximate surface area is 111 Å². The molecule has 0 radical (unpaired) electrons. The molecule has 0 aromatic heterocycles. The van der Waals surface area contributed by atoms with Gasteiger partial charge in [-0.15, -0.1) is 0 Å². The maximum Gasteiger partial charge on any atom is 0.308 e. The van der Waals surface area contributed by atoms with Crippen LogP contribution in [0.2, 0.25) is 5.02 Å². The minimum atomic E-state index is -0.915. The summed E-state index contributed by atoms with van der Waals surface area (Å²) in [5, 5.41) is 11.9. The van der Waals surface area contributed by atoms with Crippen molar-refractivity contribution in [2.75, 3.05) is 6.54 Å². The number of aliphatic carboxylic acids is 1. The van der Waals surface area contributed by atoms with Crippen LogP contribution >= 0.6 is 11.6 Å². The van der Waals surface area contributed by atoms with Gasteiger partial charge in [0, 0.05) is 18.0 Å². The lowest BCUT2D eigenvalue weighted by molar-refractivity contribution is -0.141. The molecule has 0 spiro atoms. The van der Waals surface area contributed by atoms with E-state index in [0.29, 0.717) is 17.9 Å². The molecule has 0 aliphatic rings. The van der Waals surface area contributed by atoms with Crippen LogP contribution in [-0.4, -0.2) is 23.5 Å². The van der Waals surface area contributed by atoms with Crippen molar-refractivity contribution in [3.05, 3.63) is 34.9 Å². The standard InChI is InChI=1S/C13H16ClNO3/c1-9(13(17)18)8-15-12(16)7-6-10-4-2-3-5-11(10)14/h2-5,9H,6-8H2,1H3,(H,15,16)(H,17,18). The highest BCUT2D eigenvalue weighted by Crippen LogP contribution is 2.16. The predicted octanol–water partition coefficient (Wildman–Crippen LogP) is 2.11. The maximum absolute atomic E-state index is 11.5. The summed E-state index contributed by atoms with van der Waals surface area (Å²) in [6, 6.07) is 7.35. The number of benzene rings is 1. The zero-order chi connectivity index (χ0) is 13.5. The van der Waals surface area contributed by atoms with E-state index >= 15 is 0 Å². The van der Waals surface area contributed by atoms with Gasteiger partial charge in [-0.1, -0.05) is 36.7 Å². The second-order valence-corrected chi connectivity index (χ2v) is 4.54. The highest BCUT2D eigenvalue weighted by molar-refractivity contribution is 6.31. The summed E-state index contributed by atoms with van der Waals surface area (Å²) >= 11 is 5.97. The Morgan fingerprint density at radius 1 is 1.39 bits per heavy atom. The first kappa shape index (κ1) is 14.5. The van der Waals surface area contributed by atoms with E-state index in [0.717, 1.165) is 5.56 Å². The normalized spacial score (nSPS) is 11.9. The molecule has 1 atom stereocenters. The summed E-state index contributed by atoms with van der Waals surface area (Å²) < 4.78 is 0. The molecule has 0 saturated heterocycles. The van der Waals surface area contributed by atoms with Crippen molar-refractivity contribution in [1.82, 2.24) is 5.32 Å². The summed E-state index contributed by atoms with van der Waals surface area (Å²) in [6.45, 7) is 1.70. The topological polar surface area (TPSA) is 66.4 Å². The van der Waals surface area contributed by atoms with Crippen molar-refractivity contribution < 1.29 is 14.7 Å². The van der Waals surface area contributed by atoms with Crippen LogP contribution in [0.4, 0.5) is 0 Å². The Bertz CT molecular complexity index is 434. The van der Waals surface area contributed by atoms with Crippen molar-refractivity contribution in [2.45, 2.75) is 19.8 Å². The van der Waals surface area contributed by atoms with Crippen molar-refractivity contribution in [3.8, 4) is 0 Å². The van der Waals surface area contributed by atoms with Crippen molar-refractivity contribution in [2.24, 2.45) is 5.92 Å². The molecule has 1 aromatic rings. The Hall–Kier alpha value is -1.55. The van der Waals surface area contributed by atoms with Gasteiger partial charge in [-0.25, -0.2) is 0 Å². The van der Waals surface area contributed by atoms with Crippen molar-refractivity contribution >= 4 is 23.5 Å². The van der Waals surface area contributed by atoms with Gasteiger partial charge in [0.1, 0.15) is 0 Å². The predicted molar refractivity (Wildman–Crippen MR) is 69.6 cm³/mol. The number of halogens is 1. The smallest absolute Gasteiger partial charge is 0.308 e. The van der Waals surface area contributed by atoms with E-state index in [1.54, 1.807) is 13.0 Å². The van der Waals surface area contributed by atoms with Gasteiger partial charge in [0.15, 0.2) is 0 Å². The van der Waals surface area contributed by atoms with Gasteiger partial charge >= 0.3 is 5.97 Å². The van der Waals surface area contributed by atoms with Gasteiger partial charge < -0.3 is 10.4 Å². The molecule has 18 heavy (non-hydrogen) atoms. The molecule has 0 aliphatic heterocycles. The van der Waals surface area contributed by atoms with Crippen LogP contribution in [0.1, 0.15) is 18.9 Å². The van der Waals surface area contributed by atoms with E-state index in [-0.39, 0.29) is 12.5 Å². The van der Waals surface area contributed by atoms with Gasteiger partial charge in [-0.3, -0.25) is 9.59 Å². The number of carbonyl (C=O) groups excluding carboxylic acids is 1. The van der Waals surface area contributed by atoms with Crippen molar-refractivity contribution in [3.63, 3.8) is 0 Å². The number of carboxylic acids is 1. The highest BCUT2D eigenvalue weighted by Gasteiger charge is 2.12. The summed E-state index contributed by atoms with van der Waals surface area (Å²) in [4.78, 5) is 22.1. The number of hydrogen-bond donors (Lipinski definition) is 2. The molecule has 1 amide bonds. The SMILES string of the molecule is CC(CNC(=O)CCc1ccccc1Cl)C(=O)O. The Morgan fingerprint density at radius 3 is 2.67 bits per heavy atom. The lowest BCUT2D eigenvalue weighted by Gasteiger charge is -2.08. The second kappa shape index (κ2) is 7.01. The van der Waals surface area contributed by atoms with Gasteiger partial charge in [0.25, 0.3) is 0 Å². The van der Waals surface area contributed by atoms with Crippen molar-refractivity contribution in [1.29, 1.82) is 0 Å². The minimum Gasteiger partial charge on any atom is -0.481 e. The lowest BCUT2D eigenvalue weighted by atomic mass is 10.1. The van der Waals surface area contributed by atoms with Crippen LogP contribution in [0.25, 0.3) is 0 Å². The van der Waals surface area contributed by atoms with Crippen LogP contribution in [0.5, 0.6) is 0 Å². The van der Waals surface area contributed by atoms with Crippen LogP contribution in [0.15, 0.2) is 24.3 Å². The average Bonchev–Trinajstić information content (AvgIpc) is 2.34. The molecule has 0 saturated carbocycles. The zero-order valence-electron chi connectivity index (χ0n) is 10.1. The van der Waals surface area contributed by atoms with E-state index in [1.165, 1.54) is 0 Å². The van der Waals surface area contributed by atoms with Gasteiger partial charge in [-0.2, -0.15) is 0 Å². The third kappa shape index (κ3) is 4.75. The molecule has 0 bridgehead atoms. The minimum absolute atomic E-state index is 0.149. The lowest BCUT2D eigenvalue weighted by Crippen LogP contribution is -2.31. The first-order valence-electron chi connectivity index (χ1n) is 5.73. The van der Waals surface area contributed by atoms with E-state index < -0.39 is 11.9 Å². The molecule has 0 heterocycles. The van der Waals surface area contributed by atoms with Gasteiger partial charge in [0.05, 0.1) is 5.92 Å². The number of amides is 1. The quantitative estimate of drug-likeness (QED) is 0.831. The average molecular weight is 270 g/mol. The summed E-state index contributed by atoms with van der Waals surface area (Å²) in [5.41, 5.74) is 0.917. The number of aryl methyl sites for hydroxylation is 1. The Kier molecular flexibility index (Phi) is 5.65. The summed E-state index contributed by atoms with van der Waals surface area (Å²) in [6.07, 6.45) is 0.850. The molecule has 0 fully saturated rings. The van der Waals surface area contributed by atoms with Crippen LogP contribution < -0.4 is 5.32 Å². The first-order valence-corrected chi connectivity index (χ1v) is 6.11. The summed E-state index contributed by atoms with van der Waals surface area (Å²) in [7, 11) is 0. The van der Waals surface area contributed by atoms with Crippen LogP contribution in [-0.2, 0) is 16.0 Å². The largest absolute Gasteiger partial charge is 0.481 e. The second-order valence-electron chi connectivity index (χ2n) is 4.13. The van der Waals surface area contributed by atoms with E-state index in [9.17, 15) is 9.59 Å². The molecule has 1 rings (SSSR count). The first-order chi connectivity index (χ1) is 8.50. The van der Waals surface area contributed by atoms with Gasteiger partial charge in [0.2, 0.25) is 5.91 Å². The van der Waals surface area contributed by atoms with Gasteiger partial charge in [-0.05, 0) is 18.1 Å². The molecular weight excluding hydrogens is 254 g/mol. The number of carboxylic acid groups (broad SMARTS) is 1. The Morgan fingerprint density at radius 2 is 2.06 bits per heavy atom. The highest BCUT2D eigenvalue weighted by atomic mass is 35.5. The number of carbonyl (C=O) groups is 2. The molecule has 5 heteroatoms. The molecule has 1 unspecified atom stereocenters. The zero-order valence-corrected chi connectivity index (χ0v) is 10.9. The molecule has 4 nitrogen and oxygen atoms in total. The number of hydrogen-bond acceptors (Lipinski definition) is 2. The fraction of sp³-hybridized carbons (Fsp3) is 0.385. The van der Waals surface area contributed by atoms with E-state index in [2.05, 4.69) is 5.32 Å². The molecule has 98 valence electrons. The molecule has 1 aromatic carbocycles. The fourth-order valence-electron chi connectivity index (χ4n) is 1.39. The van der Waals surface area contributed by atoms with E-state index in [4.69, 9.17) is 16.7 Å². The summed E-state index contributed by atoms with van der Waals surface area (Å²) in [5.74, 6) is -1.65. The third-order valence-corrected chi connectivity index (χ3v) is 2.97. The number of nitrogens with one attached hydrogen (secondary N) is 1. The van der Waals surface area contributed by atoms with E-state index in [1.807, 2.05) is 18.2 Å². The number of rotatable bonds is 6. The molecule has 2 N–H and O–H groups in total. The van der Waals surface area contributed by atoms with Crippen LogP contribution in [0, 0.1) is 5.92 Å². The molecular formula is C13H16ClNO3. The fourth-order valence-corrected chi connectivity index (χ4v) is 1.62. The van der Waals surface area contributed by atoms with Crippen LogP contribution in [0.3, 0.4) is 0 Å². The molecule has 0 aliphatic carbocycles. The monoisotopic (exact) mass is 269 g/mol. The maximum atomic E-state index is 11.5. The Balaban J connectivity index is 2.34. The third-order valence-electron chi connectivity index (χ3n) is 2.61.